The Morgan fingerprint density at radius 1 is 1.26 bits per heavy atom. The number of aryl methyl sites for hydroxylation is 1. The van der Waals surface area contributed by atoms with Gasteiger partial charge in [-0.2, -0.15) is 0 Å². The number of esters is 2. The second kappa shape index (κ2) is 7.78. The van der Waals surface area contributed by atoms with E-state index in [0.29, 0.717) is 29.0 Å². The van der Waals surface area contributed by atoms with Crippen LogP contribution < -0.4 is 0 Å². The highest BCUT2D eigenvalue weighted by molar-refractivity contribution is 6.17. The largest absolute Gasteiger partial charge is 0.469 e. The van der Waals surface area contributed by atoms with Crippen molar-refractivity contribution in [2.75, 3.05) is 14.2 Å². The van der Waals surface area contributed by atoms with Crippen LogP contribution in [0.1, 0.15) is 28.2 Å². The lowest BCUT2D eigenvalue weighted by atomic mass is 9.99. The van der Waals surface area contributed by atoms with Gasteiger partial charge in [0.25, 0.3) is 0 Å². The van der Waals surface area contributed by atoms with Crippen molar-refractivity contribution < 1.29 is 23.6 Å². The van der Waals surface area contributed by atoms with E-state index in [4.69, 9.17) is 20.9 Å². The predicted octanol–water partition coefficient (Wildman–Crippen LogP) is 2.97. The molecule has 7 heteroatoms. The molecule has 0 fully saturated rings. The van der Waals surface area contributed by atoms with E-state index in [1.807, 2.05) is 6.07 Å². The zero-order valence-electron chi connectivity index (χ0n) is 12.8. The second-order valence-corrected chi connectivity index (χ2v) is 4.98. The molecule has 0 aliphatic heterocycles. The van der Waals surface area contributed by atoms with Gasteiger partial charge in [0.2, 0.25) is 0 Å². The van der Waals surface area contributed by atoms with Crippen molar-refractivity contribution in [3.8, 4) is 11.1 Å². The van der Waals surface area contributed by atoms with Crippen LogP contribution in [-0.4, -0.2) is 31.3 Å². The first-order valence-corrected chi connectivity index (χ1v) is 7.43. The Labute approximate surface area is 138 Å². The summed E-state index contributed by atoms with van der Waals surface area (Å²) in [5.74, 6) is -0.109. The first-order chi connectivity index (χ1) is 11.1. The molecule has 2 rings (SSSR count). The molecular weight excluding hydrogens is 322 g/mol. The summed E-state index contributed by atoms with van der Waals surface area (Å²) in [4.78, 5) is 23.0. The van der Waals surface area contributed by atoms with Gasteiger partial charge in [-0.1, -0.05) is 17.3 Å². The SMILES string of the molecule is COC(=O)CCc1onc(CCl)c1-c1cccc(C(=O)OC)c1. The van der Waals surface area contributed by atoms with Crippen LogP contribution in [0.4, 0.5) is 0 Å². The molecular formula is C16H16ClNO5. The fourth-order valence-electron chi connectivity index (χ4n) is 2.19. The summed E-state index contributed by atoms with van der Waals surface area (Å²) in [5.41, 5.74) is 2.37. The number of benzene rings is 1. The van der Waals surface area contributed by atoms with Gasteiger partial charge in [-0.25, -0.2) is 4.79 Å². The quantitative estimate of drug-likeness (QED) is 0.595. The number of halogens is 1. The highest BCUT2D eigenvalue weighted by atomic mass is 35.5. The molecule has 0 saturated heterocycles. The number of carbonyl (C=O) groups excluding carboxylic acids is 2. The van der Waals surface area contributed by atoms with Crippen LogP contribution in [0.5, 0.6) is 0 Å². The molecule has 122 valence electrons. The van der Waals surface area contributed by atoms with Gasteiger partial charge in [-0.3, -0.25) is 4.79 Å². The third-order valence-electron chi connectivity index (χ3n) is 3.32. The molecule has 0 spiro atoms. The van der Waals surface area contributed by atoms with Crippen molar-refractivity contribution >= 4 is 23.5 Å². The van der Waals surface area contributed by atoms with Crippen LogP contribution in [0.2, 0.25) is 0 Å². The molecule has 0 bridgehead atoms. The number of carbonyl (C=O) groups is 2. The smallest absolute Gasteiger partial charge is 0.337 e. The number of hydrogen-bond acceptors (Lipinski definition) is 6. The first-order valence-electron chi connectivity index (χ1n) is 6.89. The molecule has 0 aliphatic rings. The number of aromatic nitrogens is 1. The van der Waals surface area contributed by atoms with Crippen LogP contribution in [0.3, 0.4) is 0 Å². The maximum Gasteiger partial charge on any atom is 0.337 e. The number of nitrogens with zero attached hydrogens (tertiary/aromatic N) is 1. The summed E-state index contributed by atoms with van der Waals surface area (Å²) >= 11 is 5.91. The number of rotatable bonds is 6. The molecule has 0 amide bonds. The number of methoxy groups -OCH3 is 2. The first kappa shape index (κ1) is 17.0. The minimum Gasteiger partial charge on any atom is -0.469 e. The Hall–Kier alpha value is -2.34. The summed E-state index contributed by atoms with van der Waals surface area (Å²) in [6.07, 6.45) is 0.492. The van der Waals surface area contributed by atoms with Gasteiger partial charge >= 0.3 is 11.9 Å². The molecule has 0 unspecified atom stereocenters. The van der Waals surface area contributed by atoms with Gasteiger partial charge in [-0.05, 0) is 17.7 Å². The van der Waals surface area contributed by atoms with E-state index >= 15 is 0 Å². The van der Waals surface area contributed by atoms with Crippen LogP contribution >= 0.6 is 11.6 Å². The summed E-state index contributed by atoms with van der Waals surface area (Å²) in [6, 6.07) is 6.88. The monoisotopic (exact) mass is 337 g/mol. The third kappa shape index (κ3) is 3.90. The third-order valence-corrected chi connectivity index (χ3v) is 3.57. The normalized spacial score (nSPS) is 10.4. The van der Waals surface area contributed by atoms with E-state index in [0.717, 1.165) is 5.56 Å². The minimum absolute atomic E-state index is 0.152. The van der Waals surface area contributed by atoms with E-state index < -0.39 is 5.97 Å². The molecule has 0 aliphatic carbocycles. The summed E-state index contributed by atoms with van der Waals surface area (Å²) < 4.78 is 14.7. The van der Waals surface area contributed by atoms with Crippen LogP contribution in [0, 0.1) is 0 Å². The van der Waals surface area contributed by atoms with E-state index in [9.17, 15) is 9.59 Å². The fourth-order valence-corrected chi connectivity index (χ4v) is 2.37. The zero-order chi connectivity index (χ0) is 16.8. The van der Waals surface area contributed by atoms with E-state index in [1.54, 1.807) is 18.2 Å². The lowest BCUT2D eigenvalue weighted by Crippen LogP contribution is -2.03. The zero-order valence-corrected chi connectivity index (χ0v) is 13.6. The lowest BCUT2D eigenvalue weighted by molar-refractivity contribution is -0.140. The Morgan fingerprint density at radius 2 is 2.04 bits per heavy atom. The number of hydrogen-bond donors (Lipinski definition) is 0. The summed E-state index contributed by atoms with van der Waals surface area (Å²) in [7, 11) is 2.65. The Kier molecular flexibility index (Phi) is 5.76. The maximum absolute atomic E-state index is 11.7. The van der Waals surface area contributed by atoms with Crippen molar-refractivity contribution in [2.24, 2.45) is 0 Å². The highest BCUT2D eigenvalue weighted by Crippen LogP contribution is 2.30. The molecule has 1 heterocycles. The van der Waals surface area contributed by atoms with Crippen molar-refractivity contribution in [1.82, 2.24) is 5.16 Å². The van der Waals surface area contributed by atoms with Gasteiger partial charge < -0.3 is 14.0 Å². The maximum atomic E-state index is 11.7. The number of ether oxygens (including phenoxy) is 2. The number of alkyl halides is 1. The fraction of sp³-hybridized carbons (Fsp3) is 0.312. The average Bonchev–Trinajstić information content (AvgIpc) is 3.01. The van der Waals surface area contributed by atoms with Gasteiger partial charge in [-0.15, -0.1) is 11.6 Å². The molecule has 6 nitrogen and oxygen atoms in total. The topological polar surface area (TPSA) is 78.6 Å². The minimum atomic E-state index is -0.438. The molecule has 1 aromatic carbocycles. The van der Waals surface area contributed by atoms with Crippen molar-refractivity contribution in [3.63, 3.8) is 0 Å². The van der Waals surface area contributed by atoms with Gasteiger partial charge in [0, 0.05) is 12.0 Å². The molecule has 23 heavy (non-hydrogen) atoms. The predicted molar refractivity (Wildman–Crippen MR) is 83.2 cm³/mol. The molecule has 0 N–H and O–H groups in total. The van der Waals surface area contributed by atoms with E-state index in [-0.39, 0.29) is 18.3 Å². The van der Waals surface area contributed by atoms with Gasteiger partial charge in [0.05, 0.1) is 32.1 Å². The van der Waals surface area contributed by atoms with E-state index in [2.05, 4.69) is 9.89 Å². The van der Waals surface area contributed by atoms with E-state index in [1.165, 1.54) is 14.2 Å². The lowest BCUT2D eigenvalue weighted by Gasteiger charge is -2.05. The standard InChI is InChI=1S/C16H16ClNO5/c1-21-14(19)7-6-13-15(12(9-17)18-23-13)10-4-3-5-11(8-10)16(20)22-2/h3-5,8H,6-7,9H2,1-2H3. The Bertz CT molecular complexity index is 710. The highest BCUT2D eigenvalue weighted by Gasteiger charge is 2.19. The van der Waals surface area contributed by atoms with Crippen molar-refractivity contribution in [3.05, 3.63) is 41.3 Å². The molecule has 2 aromatic rings. The molecule has 0 radical (unpaired) electrons. The Morgan fingerprint density at radius 3 is 2.70 bits per heavy atom. The second-order valence-electron chi connectivity index (χ2n) is 4.71. The molecule has 0 atom stereocenters. The van der Waals surface area contributed by atoms with Crippen LogP contribution in [-0.2, 0) is 26.6 Å². The van der Waals surface area contributed by atoms with Gasteiger partial charge in [0.1, 0.15) is 11.5 Å². The molecule has 0 saturated carbocycles. The Balaban J connectivity index is 2.39. The van der Waals surface area contributed by atoms with Crippen molar-refractivity contribution in [1.29, 1.82) is 0 Å². The molecule has 1 aromatic heterocycles. The summed E-state index contributed by atoms with van der Waals surface area (Å²) in [6.45, 7) is 0. The van der Waals surface area contributed by atoms with Crippen molar-refractivity contribution in [2.45, 2.75) is 18.7 Å². The van der Waals surface area contributed by atoms with Gasteiger partial charge in [0.15, 0.2) is 0 Å². The van der Waals surface area contributed by atoms with Crippen LogP contribution in [0.25, 0.3) is 11.1 Å². The van der Waals surface area contributed by atoms with Crippen LogP contribution in [0.15, 0.2) is 28.8 Å². The summed E-state index contributed by atoms with van der Waals surface area (Å²) in [5, 5.41) is 3.93. The average molecular weight is 338 g/mol.